The van der Waals surface area contributed by atoms with E-state index in [0.29, 0.717) is 0 Å². The molecular formula is C10H8ClN3. The quantitative estimate of drug-likeness (QED) is 0.705. The van der Waals surface area contributed by atoms with Crippen molar-refractivity contribution in [3.63, 3.8) is 0 Å². The van der Waals surface area contributed by atoms with E-state index in [9.17, 15) is 0 Å². The minimum absolute atomic E-state index is 0.284. The third-order valence-electron chi connectivity index (χ3n) is 1.79. The van der Waals surface area contributed by atoms with Crippen LogP contribution in [0.3, 0.4) is 0 Å². The molecule has 0 saturated heterocycles. The standard InChI is InChI=1S/C10H8ClN3/c11-10-13-5-3-9(14-10)6-8-2-1-4-12-7-8/h1-5,7H,6H2. The van der Waals surface area contributed by atoms with Gasteiger partial charge >= 0.3 is 0 Å². The Hall–Kier alpha value is -1.48. The van der Waals surface area contributed by atoms with Crippen molar-refractivity contribution >= 4 is 11.6 Å². The van der Waals surface area contributed by atoms with E-state index in [-0.39, 0.29) is 5.28 Å². The van der Waals surface area contributed by atoms with E-state index < -0.39 is 0 Å². The van der Waals surface area contributed by atoms with Gasteiger partial charge in [0.1, 0.15) is 0 Å². The summed E-state index contributed by atoms with van der Waals surface area (Å²) < 4.78 is 0. The molecule has 0 amide bonds. The Morgan fingerprint density at radius 3 is 2.86 bits per heavy atom. The van der Waals surface area contributed by atoms with Crippen LogP contribution in [-0.4, -0.2) is 15.0 Å². The second-order valence-corrected chi connectivity index (χ2v) is 3.19. The van der Waals surface area contributed by atoms with E-state index in [1.54, 1.807) is 12.4 Å². The number of hydrogen-bond acceptors (Lipinski definition) is 3. The molecule has 0 N–H and O–H groups in total. The van der Waals surface area contributed by atoms with E-state index >= 15 is 0 Å². The molecule has 0 bridgehead atoms. The van der Waals surface area contributed by atoms with Gasteiger partial charge in [-0.3, -0.25) is 4.98 Å². The molecule has 2 aromatic heterocycles. The fraction of sp³-hybridized carbons (Fsp3) is 0.100. The summed E-state index contributed by atoms with van der Waals surface area (Å²) in [5.74, 6) is 0. The monoisotopic (exact) mass is 205 g/mol. The van der Waals surface area contributed by atoms with E-state index in [1.807, 2.05) is 24.4 Å². The van der Waals surface area contributed by atoms with Crippen molar-refractivity contribution in [1.29, 1.82) is 0 Å². The highest BCUT2D eigenvalue weighted by Gasteiger charge is 1.98. The van der Waals surface area contributed by atoms with Gasteiger partial charge in [0.2, 0.25) is 5.28 Å². The van der Waals surface area contributed by atoms with Gasteiger partial charge in [-0.1, -0.05) is 6.07 Å². The zero-order valence-electron chi connectivity index (χ0n) is 7.39. The van der Waals surface area contributed by atoms with Gasteiger partial charge in [-0.15, -0.1) is 0 Å². The first kappa shape index (κ1) is 9.09. The Labute approximate surface area is 86.8 Å². The SMILES string of the molecule is Clc1nccc(Cc2cccnc2)n1. The van der Waals surface area contributed by atoms with E-state index in [4.69, 9.17) is 11.6 Å². The maximum atomic E-state index is 5.67. The van der Waals surface area contributed by atoms with Gasteiger partial charge in [-0.25, -0.2) is 9.97 Å². The van der Waals surface area contributed by atoms with Gasteiger partial charge < -0.3 is 0 Å². The van der Waals surface area contributed by atoms with Crippen LogP contribution in [0, 0.1) is 0 Å². The molecule has 0 aliphatic heterocycles. The highest BCUT2D eigenvalue weighted by Crippen LogP contribution is 2.07. The average Bonchev–Trinajstić information content (AvgIpc) is 2.19. The summed E-state index contributed by atoms with van der Waals surface area (Å²) in [5, 5.41) is 0.284. The summed E-state index contributed by atoms with van der Waals surface area (Å²) in [7, 11) is 0. The molecule has 0 aliphatic rings. The van der Waals surface area contributed by atoms with Crippen molar-refractivity contribution in [2.45, 2.75) is 6.42 Å². The molecule has 0 aliphatic carbocycles. The highest BCUT2D eigenvalue weighted by atomic mass is 35.5. The van der Waals surface area contributed by atoms with Crippen molar-refractivity contribution in [2.24, 2.45) is 0 Å². The number of pyridine rings is 1. The van der Waals surface area contributed by atoms with Crippen LogP contribution in [0.5, 0.6) is 0 Å². The van der Waals surface area contributed by atoms with Crippen molar-refractivity contribution in [1.82, 2.24) is 15.0 Å². The van der Waals surface area contributed by atoms with Gasteiger partial charge in [-0.05, 0) is 29.3 Å². The Kier molecular flexibility index (Phi) is 2.70. The summed E-state index contributed by atoms with van der Waals surface area (Å²) in [5.41, 5.74) is 2.01. The number of hydrogen-bond donors (Lipinski definition) is 0. The lowest BCUT2D eigenvalue weighted by molar-refractivity contribution is 1.02. The normalized spacial score (nSPS) is 10.1. The van der Waals surface area contributed by atoms with Crippen LogP contribution in [0.4, 0.5) is 0 Å². The minimum atomic E-state index is 0.284. The Balaban J connectivity index is 2.19. The summed E-state index contributed by atoms with van der Waals surface area (Å²) in [6.45, 7) is 0. The van der Waals surface area contributed by atoms with Crippen LogP contribution in [0.2, 0.25) is 5.28 Å². The van der Waals surface area contributed by atoms with Crippen LogP contribution >= 0.6 is 11.6 Å². The molecule has 0 unspecified atom stereocenters. The molecule has 0 saturated carbocycles. The van der Waals surface area contributed by atoms with Crippen LogP contribution in [0.25, 0.3) is 0 Å². The molecule has 3 nitrogen and oxygen atoms in total. The average molecular weight is 206 g/mol. The summed E-state index contributed by atoms with van der Waals surface area (Å²) >= 11 is 5.67. The zero-order chi connectivity index (χ0) is 9.80. The van der Waals surface area contributed by atoms with Crippen molar-refractivity contribution in [3.05, 3.63) is 53.3 Å². The zero-order valence-corrected chi connectivity index (χ0v) is 8.15. The van der Waals surface area contributed by atoms with Gasteiger partial charge in [0.05, 0.1) is 0 Å². The van der Waals surface area contributed by atoms with Gasteiger partial charge in [-0.2, -0.15) is 0 Å². The lowest BCUT2D eigenvalue weighted by Gasteiger charge is -1.99. The summed E-state index contributed by atoms with van der Waals surface area (Å²) in [4.78, 5) is 11.9. The van der Waals surface area contributed by atoms with Gasteiger partial charge in [0, 0.05) is 30.7 Å². The minimum Gasteiger partial charge on any atom is -0.264 e. The lowest BCUT2D eigenvalue weighted by atomic mass is 10.1. The topological polar surface area (TPSA) is 38.7 Å². The largest absolute Gasteiger partial charge is 0.264 e. The molecule has 0 atom stereocenters. The molecule has 0 aromatic carbocycles. The molecular weight excluding hydrogens is 198 g/mol. The molecule has 0 spiro atoms. The molecule has 0 radical (unpaired) electrons. The third-order valence-corrected chi connectivity index (χ3v) is 1.97. The maximum Gasteiger partial charge on any atom is 0.222 e. The van der Waals surface area contributed by atoms with Crippen LogP contribution in [0.15, 0.2) is 36.8 Å². The second kappa shape index (κ2) is 4.15. The van der Waals surface area contributed by atoms with Crippen LogP contribution in [-0.2, 0) is 6.42 Å². The first-order valence-electron chi connectivity index (χ1n) is 4.21. The number of rotatable bonds is 2. The molecule has 2 aromatic rings. The molecule has 0 fully saturated rings. The first-order chi connectivity index (χ1) is 6.84. The molecule has 4 heteroatoms. The Bertz CT molecular complexity index is 417. The Morgan fingerprint density at radius 2 is 2.14 bits per heavy atom. The maximum absolute atomic E-state index is 5.67. The Morgan fingerprint density at radius 1 is 1.21 bits per heavy atom. The van der Waals surface area contributed by atoms with Gasteiger partial charge in [0.15, 0.2) is 0 Å². The fourth-order valence-corrected chi connectivity index (χ4v) is 1.34. The predicted molar refractivity (Wildman–Crippen MR) is 54.1 cm³/mol. The lowest BCUT2D eigenvalue weighted by Crippen LogP contribution is -1.93. The van der Waals surface area contributed by atoms with Crippen molar-refractivity contribution in [2.75, 3.05) is 0 Å². The van der Waals surface area contributed by atoms with E-state index in [0.717, 1.165) is 17.7 Å². The van der Waals surface area contributed by atoms with Gasteiger partial charge in [0.25, 0.3) is 0 Å². The fourth-order valence-electron chi connectivity index (χ4n) is 1.18. The van der Waals surface area contributed by atoms with Crippen molar-refractivity contribution in [3.8, 4) is 0 Å². The third kappa shape index (κ3) is 2.26. The first-order valence-corrected chi connectivity index (χ1v) is 4.59. The predicted octanol–water partition coefficient (Wildman–Crippen LogP) is 2.12. The van der Waals surface area contributed by atoms with Crippen LogP contribution < -0.4 is 0 Å². The summed E-state index contributed by atoms with van der Waals surface area (Å²) in [6, 6.07) is 5.75. The number of aromatic nitrogens is 3. The molecule has 2 rings (SSSR count). The van der Waals surface area contributed by atoms with Crippen molar-refractivity contribution < 1.29 is 0 Å². The number of halogens is 1. The highest BCUT2D eigenvalue weighted by molar-refractivity contribution is 6.28. The number of nitrogens with zero attached hydrogens (tertiary/aromatic N) is 3. The van der Waals surface area contributed by atoms with E-state index in [2.05, 4.69) is 15.0 Å². The molecule has 70 valence electrons. The smallest absolute Gasteiger partial charge is 0.222 e. The van der Waals surface area contributed by atoms with E-state index in [1.165, 1.54) is 0 Å². The molecule has 2 heterocycles. The second-order valence-electron chi connectivity index (χ2n) is 2.86. The molecule has 14 heavy (non-hydrogen) atoms. The summed E-state index contributed by atoms with van der Waals surface area (Å²) in [6.07, 6.45) is 5.95. The van der Waals surface area contributed by atoms with Crippen LogP contribution in [0.1, 0.15) is 11.3 Å².